The van der Waals surface area contributed by atoms with Crippen molar-refractivity contribution in [2.24, 2.45) is 0 Å². The number of rotatable bonds is 11. The van der Waals surface area contributed by atoms with E-state index in [9.17, 15) is 0 Å². The maximum atomic E-state index is 2.75. The Bertz CT molecular complexity index is 7190. The van der Waals surface area contributed by atoms with E-state index in [4.69, 9.17) is 0 Å². The van der Waals surface area contributed by atoms with Crippen molar-refractivity contribution in [2.45, 2.75) is 78.6 Å². The van der Waals surface area contributed by atoms with Crippen LogP contribution in [0, 0.1) is 0 Å². The number of aromatic nitrogens is 3. The highest BCUT2D eigenvalue weighted by Crippen LogP contribution is 2.56. The lowest BCUT2D eigenvalue weighted by Crippen LogP contribution is -2.61. The van der Waals surface area contributed by atoms with Crippen molar-refractivity contribution in [3.05, 3.63) is 399 Å². The van der Waals surface area contributed by atoms with Crippen molar-refractivity contribution in [3.8, 4) is 83.8 Å². The van der Waals surface area contributed by atoms with Gasteiger partial charge in [0.15, 0.2) is 0 Å². The van der Waals surface area contributed by atoms with E-state index in [0.717, 1.165) is 151 Å². The molecule has 0 atom stereocenters. The van der Waals surface area contributed by atoms with Gasteiger partial charge in [0.2, 0.25) is 0 Å². The summed E-state index contributed by atoms with van der Waals surface area (Å²) in [5.74, 6) is 0. The zero-order valence-corrected chi connectivity index (χ0v) is 69.2. The summed E-state index contributed by atoms with van der Waals surface area (Å²) in [6.45, 7) is 20.8. The van der Waals surface area contributed by atoms with Gasteiger partial charge in [-0.2, -0.15) is 0 Å². The van der Waals surface area contributed by atoms with Crippen molar-refractivity contribution >= 4 is 123 Å². The molecular formula is C114H90BN5. The molecule has 0 saturated carbocycles. The number of hydrogen-bond donors (Lipinski definition) is 0. The molecule has 120 heavy (non-hydrogen) atoms. The summed E-state index contributed by atoms with van der Waals surface area (Å²) in [7, 11) is 0. The van der Waals surface area contributed by atoms with Gasteiger partial charge in [0, 0.05) is 88.7 Å². The standard InChI is InChI=1S/C114H90BN5/c1-112(2,3)81-55-61-103-95(65-81)96-66-82(113(4,5)6)56-62-104(96)118(103)86-71-107-109-108(72-86)120(111-93(75-37-18-12-19-38-75)67-83(114(7,8)9)68-94(111)76-39-20-13-21-40-76)106-70-85(117-101-53-28-24-47-91(101)92-48-25-29-54-102(92)117)58-60-98(106)115(109)97-59-57-84(116-99-51-26-22-45-89(99)90-46-23-27-52-100(90)116)69-105(97)119(107)110-87(79-43-30-41-77(63-79)73-33-14-10-15-34-73)49-32-50-88(110)80-44-31-42-78(64-80)74-35-16-11-17-36-74/h10-72H,1-9H3. The summed E-state index contributed by atoms with van der Waals surface area (Å²) >= 11 is 0. The van der Waals surface area contributed by atoms with Crippen LogP contribution in [-0.2, 0) is 16.2 Å². The zero-order chi connectivity index (χ0) is 81.0. The number of nitrogens with zero attached hydrogens (tertiary/aromatic N) is 5. The Labute approximate surface area is 702 Å². The van der Waals surface area contributed by atoms with Crippen LogP contribution in [0.5, 0.6) is 0 Å². The number of benzene rings is 17. The van der Waals surface area contributed by atoms with E-state index in [1.165, 1.54) is 65.4 Å². The summed E-state index contributed by atoms with van der Waals surface area (Å²) < 4.78 is 7.65. The number of hydrogen-bond acceptors (Lipinski definition) is 2. The number of fused-ring (bicyclic) bond motifs is 13. The molecule has 20 aromatic rings. The lowest BCUT2D eigenvalue weighted by molar-refractivity contribution is 0.590. The third kappa shape index (κ3) is 11.7. The molecule has 0 aliphatic carbocycles. The fourth-order valence-corrected chi connectivity index (χ4v) is 19.7. The van der Waals surface area contributed by atoms with Gasteiger partial charge in [-0.1, -0.05) is 335 Å². The summed E-state index contributed by atoms with van der Waals surface area (Å²) in [5, 5.41) is 7.30. The van der Waals surface area contributed by atoms with E-state index in [1.54, 1.807) is 0 Å². The Morgan fingerprint density at radius 2 is 0.508 bits per heavy atom. The first-order valence-corrected chi connectivity index (χ1v) is 42.3. The molecule has 22 rings (SSSR count). The first kappa shape index (κ1) is 72.3. The smallest absolute Gasteiger partial charge is 0.252 e. The van der Waals surface area contributed by atoms with Crippen LogP contribution in [0.15, 0.2) is 382 Å². The van der Waals surface area contributed by atoms with Gasteiger partial charge in [0.25, 0.3) is 6.71 Å². The van der Waals surface area contributed by atoms with Gasteiger partial charge in [-0.05, 0) is 203 Å². The third-order valence-electron chi connectivity index (χ3n) is 25.6. The Kier molecular flexibility index (Phi) is 16.7. The highest BCUT2D eigenvalue weighted by atomic mass is 15.2. The highest BCUT2D eigenvalue weighted by molar-refractivity contribution is 7.00. The van der Waals surface area contributed by atoms with Gasteiger partial charge in [0.05, 0.1) is 50.2 Å². The Morgan fingerprint density at radius 1 is 0.200 bits per heavy atom. The molecule has 574 valence electrons. The summed E-state index contributed by atoms with van der Waals surface area (Å²) in [6.07, 6.45) is 0. The maximum absolute atomic E-state index is 2.75. The second-order valence-electron chi connectivity index (χ2n) is 36.0. The molecule has 5 heterocycles. The van der Waals surface area contributed by atoms with Crippen molar-refractivity contribution < 1.29 is 0 Å². The molecule has 0 fully saturated rings. The summed E-state index contributed by atoms with van der Waals surface area (Å²) in [4.78, 5) is 5.50. The van der Waals surface area contributed by atoms with Crippen LogP contribution in [0.4, 0.5) is 34.1 Å². The van der Waals surface area contributed by atoms with Crippen LogP contribution in [0.1, 0.15) is 79.0 Å². The largest absolute Gasteiger partial charge is 0.310 e. The normalized spacial score (nSPS) is 12.8. The first-order chi connectivity index (χ1) is 58.4. The van der Waals surface area contributed by atoms with Crippen LogP contribution in [-0.4, -0.2) is 20.4 Å². The van der Waals surface area contributed by atoms with Gasteiger partial charge >= 0.3 is 0 Å². The van der Waals surface area contributed by atoms with Crippen LogP contribution in [0.25, 0.3) is 149 Å². The lowest BCUT2D eigenvalue weighted by atomic mass is 9.33. The third-order valence-corrected chi connectivity index (χ3v) is 25.6. The predicted molar refractivity (Wildman–Crippen MR) is 512 cm³/mol. The van der Waals surface area contributed by atoms with Gasteiger partial charge in [-0.25, -0.2) is 0 Å². The van der Waals surface area contributed by atoms with Crippen LogP contribution < -0.4 is 26.2 Å². The van der Waals surface area contributed by atoms with Crippen LogP contribution in [0.3, 0.4) is 0 Å². The molecule has 0 spiro atoms. The minimum atomic E-state index is -0.338. The number of para-hydroxylation sites is 5. The van der Waals surface area contributed by atoms with Gasteiger partial charge < -0.3 is 23.5 Å². The molecule has 3 aromatic heterocycles. The van der Waals surface area contributed by atoms with Gasteiger partial charge in [0.1, 0.15) is 0 Å². The molecular weight excluding hydrogens is 1450 g/mol. The first-order valence-electron chi connectivity index (χ1n) is 42.3. The predicted octanol–water partition coefficient (Wildman–Crippen LogP) is 29.0. The minimum Gasteiger partial charge on any atom is -0.310 e. The van der Waals surface area contributed by atoms with E-state index >= 15 is 0 Å². The Morgan fingerprint density at radius 3 is 0.892 bits per heavy atom. The molecule has 2 aliphatic heterocycles. The van der Waals surface area contributed by atoms with Crippen molar-refractivity contribution in [3.63, 3.8) is 0 Å². The van der Waals surface area contributed by atoms with Crippen LogP contribution >= 0.6 is 0 Å². The molecule has 17 aromatic carbocycles. The van der Waals surface area contributed by atoms with E-state index in [0.29, 0.717) is 0 Å². The van der Waals surface area contributed by atoms with Crippen molar-refractivity contribution in [1.29, 1.82) is 0 Å². The van der Waals surface area contributed by atoms with Crippen LogP contribution in [0.2, 0.25) is 0 Å². The fourth-order valence-electron chi connectivity index (χ4n) is 19.7. The quantitative estimate of drug-likeness (QED) is 0.120. The zero-order valence-electron chi connectivity index (χ0n) is 69.2. The molecule has 0 amide bonds. The second-order valence-corrected chi connectivity index (χ2v) is 36.0. The Balaban J connectivity index is 0.956. The molecule has 6 heteroatoms. The van der Waals surface area contributed by atoms with E-state index < -0.39 is 0 Å². The minimum absolute atomic E-state index is 0.130. The van der Waals surface area contributed by atoms with E-state index in [1.807, 2.05) is 0 Å². The fraction of sp³-hybridized carbons (Fsp3) is 0.105. The van der Waals surface area contributed by atoms with Crippen molar-refractivity contribution in [1.82, 2.24) is 13.7 Å². The topological polar surface area (TPSA) is 21.3 Å². The molecule has 5 nitrogen and oxygen atoms in total. The Hall–Kier alpha value is -14.2. The molecule has 2 aliphatic rings. The SMILES string of the molecule is CC(C)(C)c1cc(-c2ccccc2)c(N2c3cc(-n4c5ccccc5c5ccccc54)ccc3B3c4ccc(-n5c6ccccc6c6ccccc65)cc4N(c4c(-c5cccc(-c6ccccc6)c5)cccc4-c4cccc(-c5ccccc5)c4)c4cc(-n5c6ccc(C(C)(C)C)cc6c6cc(C(C)(C)C)ccc65)cc2c43)c(-c2ccccc2)c1. The molecule has 0 radical (unpaired) electrons. The van der Waals surface area contributed by atoms with E-state index in [-0.39, 0.29) is 23.0 Å². The molecule has 0 N–H and O–H groups in total. The second kappa shape index (κ2) is 27.7. The summed E-state index contributed by atoms with van der Waals surface area (Å²) in [6, 6.07) is 146. The molecule has 0 saturated heterocycles. The van der Waals surface area contributed by atoms with Gasteiger partial charge in [-0.15, -0.1) is 0 Å². The molecule has 0 unspecified atom stereocenters. The highest BCUT2D eigenvalue weighted by Gasteiger charge is 2.47. The van der Waals surface area contributed by atoms with Gasteiger partial charge in [-0.3, -0.25) is 0 Å². The maximum Gasteiger partial charge on any atom is 0.252 e. The summed E-state index contributed by atoms with van der Waals surface area (Å²) in [5.41, 5.74) is 37.1. The van der Waals surface area contributed by atoms with Crippen molar-refractivity contribution in [2.75, 3.05) is 9.80 Å². The average Bonchev–Trinajstić information content (AvgIpc) is 0.883. The number of anilines is 6. The molecule has 0 bridgehead atoms. The van der Waals surface area contributed by atoms with E-state index in [2.05, 4.69) is 468 Å². The average molecular weight is 1540 g/mol. The monoisotopic (exact) mass is 1540 g/mol. The lowest BCUT2D eigenvalue weighted by Gasteiger charge is -2.46.